The van der Waals surface area contributed by atoms with Gasteiger partial charge in [-0.25, -0.2) is 0 Å². The van der Waals surface area contributed by atoms with Crippen LogP contribution in [-0.2, 0) is 4.84 Å². The minimum absolute atomic E-state index is 0.131. The third-order valence-electron chi connectivity index (χ3n) is 6.44. The van der Waals surface area contributed by atoms with Crippen LogP contribution >= 0.6 is 0 Å². The van der Waals surface area contributed by atoms with E-state index in [1.54, 1.807) is 6.20 Å². The van der Waals surface area contributed by atoms with Crippen LogP contribution in [-0.4, -0.2) is 35.7 Å². The van der Waals surface area contributed by atoms with Crippen molar-refractivity contribution < 1.29 is 9.63 Å². The molecule has 0 saturated heterocycles. The van der Waals surface area contributed by atoms with Crippen molar-refractivity contribution in [1.29, 1.82) is 0 Å². The summed E-state index contributed by atoms with van der Waals surface area (Å²) < 4.78 is 0. The largest absolute Gasteiger partial charge is 0.389 e. The van der Waals surface area contributed by atoms with Gasteiger partial charge >= 0.3 is 0 Å². The van der Waals surface area contributed by atoms with Crippen molar-refractivity contribution in [3.63, 3.8) is 0 Å². The second-order valence-corrected chi connectivity index (χ2v) is 8.95. The van der Waals surface area contributed by atoms with E-state index in [1.165, 1.54) is 18.2 Å². The summed E-state index contributed by atoms with van der Waals surface area (Å²) in [6.45, 7) is 9.23. The summed E-state index contributed by atoms with van der Waals surface area (Å²) in [6.07, 6.45) is 7.12. The third kappa shape index (κ3) is 5.11. The molecule has 6 nitrogen and oxygen atoms in total. The Morgan fingerprint density at radius 1 is 1.15 bits per heavy atom. The highest BCUT2D eigenvalue weighted by molar-refractivity contribution is 6.06. The summed E-state index contributed by atoms with van der Waals surface area (Å²) in [5.41, 5.74) is 6.30. The summed E-state index contributed by atoms with van der Waals surface area (Å²) >= 11 is 0. The maximum atomic E-state index is 13.2. The van der Waals surface area contributed by atoms with Gasteiger partial charge in [-0.05, 0) is 76.1 Å². The van der Waals surface area contributed by atoms with Crippen molar-refractivity contribution in [1.82, 2.24) is 5.32 Å². The van der Waals surface area contributed by atoms with Gasteiger partial charge in [-0.1, -0.05) is 35.0 Å². The fourth-order valence-corrected chi connectivity index (χ4v) is 4.05. The van der Waals surface area contributed by atoms with Crippen molar-refractivity contribution in [3.8, 4) is 11.1 Å². The highest BCUT2D eigenvalue weighted by atomic mass is 16.7. The molecule has 6 heteroatoms. The summed E-state index contributed by atoms with van der Waals surface area (Å²) in [5.74, 6) is -0.157. The first-order valence-corrected chi connectivity index (χ1v) is 11.3. The molecule has 1 aliphatic heterocycles. The van der Waals surface area contributed by atoms with Crippen molar-refractivity contribution in [2.24, 2.45) is 15.1 Å². The summed E-state index contributed by atoms with van der Waals surface area (Å²) in [4.78, 5) is 26.9. The molecule has 2 aromatic rings. The monoisotopic (exact) mass is 442 g/mol. The van der Waals surface area contributed by atoms with Gasteiger partial charge in [0.1, 0.15) is 5.60 Å². The second-order valence-electron chi connectivity index (χ2n) is 8.95. The number of nitrogens with one attached hydrogen (secondary N) is 1. The minimum atomic E-state index is -0.233. The molecule has 1 saturated carbocycles. The molecule has 2 aromatic carbocycles. The summed E-state index contributed by atoms with van der Waals surface area (Å²) in [7, 11) is 0. The Balaban J connectivity index is 1.63. The quantitative estimate of drug-likeness (QED) is 0.578. The SMILES string of the molecule is C=N/C=C\N=C(C)[C@@H](C)NC(=O)c1cc(C2=NOC3(CCC3)C2)cc(-c2ccc(C)cc2)c1. The molecular weight excluding hydrogens is 412 g/mol. The van der Waals surface area contributed by atoms with E-state index in [0.717, 1.165) is 47.4 Å². The zero-order chi connectivity index (χ0) is 23.4. The standard InChI is InChI=1S/C27H30N4O2/c1-18-6-8-21(9-7-18)22-14-23(25-17-27(33-31-25)10-5-11-27)16-24(15-22)26(32)30-20(3)19(2)29-13-12-28-4/h6-9,12-16,20H,4-5,10-11,17H2,1-3H3,(H,30,32)/b13-12-,29-19?/t20-/m1/s1. The number of amides is 1. The number of carbonyl (C=O) groups excluding carboxylic acids is 1. The van der Waals surface area contributed by atoms with Crippen molar-refractivity contribution in [3.05, 3.63) is 71.6 Å². The Morgan fingerprint density at radius 2 is 1.88 bits per heavy atom. The number of hydrogen-bond donors (Lipinski definition) is 1. The first-order valence-electron chi connectivity index (χ1n) is 11.3. The van der Waals surface area contributed by atoms with Gasteiger partial charge in [0.2, 0.25) is 0 Å². The Hall–Kier alpha value is -3.54. The number of aryl methyl sites for hydroxylation is 1. The lowest BCUT2D eigenvalue weighted by Crippen LogP contribution is -2.37. The Labute approximate surface area is 195 Å². The van der Waals surface area contributed by atoms with Crippen LogP contribution in [0.25, 0.3) is 11.1 Å². The highest BCUT2D eigenvalue weighted by Crippen LogP contribution is 2.43. The van der Waals surface area contributed by atoms with Gasteiger partial charge < -0.3 is 10.2 Å². The average molecular weight is 443 g/mol. The van der Waals surface area contributed by atoms with Gasteiger partial charge in [0.15, 0.2) is 0 Å². The molecule has 0 bridgehead atoms. The lowest BCUT2D eigenvalue weighted by molar-refractivity contribution is -0.0755. The van der Waals surface area contributed by atoms with Gasteiger partial charge in [-0.3, -0.25) is 14.8 Å². The zero-order valence-electron chi connectivity index (χ0n) is 19.5. The van der Waals surface area contributed by atoms with Crippen LogP contribution in [0, 0.1) is 6.92 Å². The number of carbonyl (C=O) groups is 1. The van der Waals surface area contributed by atoms with Gasteiger partial charge in [0, 0.05) is 35.7 Å². The van der Waals surface area contributed by atoms with Crippen LogP contribution < -0.4 is 5.32 Å². The van der Waals surface area contributed by atoms with Crippen LogP contribution in [0.4, 0.5) is 0 Å². The van der Waals surface area contributed by atoms with Gasteiger partial charge in [0.05, 0.1) is 11.8 Å². The molecule has 0 aromatic heterocycles. The molecular formula is C27H30N4O2. The Morgan fingerprint density at radius 3 is 2.52 bits per heavy atom. The normalized spacial score (nSPS) is 17.9. The van der Waals surface area contributed by atoms with Gasteiger partial charge in [-0.2, -0.15) is 0 Å². The number of aliphatic imine (C=N–C) groups is 2. The minimum Gasteiger partial charge on any atom is -0.389 e. The van der Waals surface area contributed by atoms with Crippen LogP contribution in [0.3, 0.4) is 0 Å². The molecule has 1 aliphatic carbocycles. The molecule has 170 valence electrons. The van der Waals surface area contributed by atoms with E-state index in [2.05, 4.69) is 64.4 Å². The molecule has 1 atom stereocenters. The third-order valence-corrected chi connectivity index (χ3v) is 6.44. The molecule has 1 fully saturated rings. The lowest BCUT2D eigenvalue weighted by atomic mass is 9.76. The predicted molar refractivity (Wildman–Crippen MR) is 134 cm³/mol. The maximum absolute atomic E-state index is 13.2. The summed E-state index contributed by atoms with van der Waals surface area (Å²) in [5, 5.41) is 7.45. The van der Waals surface area contributed by atoms with E-state index in [-0.39, 0.29) is 17.6 Å². The first kappa shape index (κ1) is 22.6. The van der Waals surface area contributed by atoms with E-state index in [0.29, 0.717) is 5.56 Å². The fraction of sp³-hybridized carbons (Fsp3) is 0.333. The van der Waals surface area contributed by atoms with E-state index in [4.69, 9.17) is 4.84 Å². The summed E-state index contributed by atoms with van der Waals surface area (Å²) in [6, 6.07) is 14.0. The average Bonchev–Trinajstić information content (AvgIpc) is 3.26. The molecule has 0 unspecified atom stereocenters. The van der Waals surface area contributed by atoms with Gasteiger partial charge in [0.25, 0.3) is 5.91 Å². The second kappa shape index (κ2) is 9.53. The van der Waals surface area contributed by atoms with Crippen LogP contribution in [0.15, 0.2) is 70.0 Å². The number of benzene rings is 2. The number of rotatable bonds is 7. The Kier molecular flexibility index (Phi) is 6.54. The topological polar surface area (TPSA) is 75.4 Å². The van der Waals surface area contributed by atoms with Crippen LogP contribution in [0.1, 0.15) is 61.0 Å². The maximum Gasteiger partial charge on any atom is 0.251 e. The first-order chi connectivity index (χ1) is 15.9. The number of hydrogen-bond acceptors (Lipinski definition) is 5. The molecule has 1 amide bonds. The number of oxime groups is 1. The zero-order valence-corrected chi connectivity index (χ0v) is 19.5. The Bertz CT molecular complexity index is 1140. The number of nitrogens with zero attached hydrogens (tertiary/aromatic N) is 3. The smallest absolute Gasteiger partial charge is 0.251 e. The van der Waals surface area contributed by atoms with E-state index >= 15 is 0 Å². The van der Waals surface area contributed by atoms with E-state index in [1.807, 2.05) is 26.0 Å². The lowest BCUT2D eigenvalue weighted by Gasteiger charge is -2.34. The van der Waals surface area contributed by atoms with Crippen LogP contribution in [0.5, 0.6) is 0 Å². The van der Waals surface area contributed by atoms with E-state index < -0.39 is 0 Å². The molecule has 0 radical (unpaired) electrons. The molecule has 1 N–H and O–H groups in total. The van der Waals surface area contributed by atoms with Crippen LogP contribution in [0.2, 0.25) is 0 Å². The predicted octanol–water partition coefficient (Wildman–Crippen LogP) is 5.46. The fourth-order valence-electron chi connectivity index (χ4n) is 4.05. The van der Waals surface area contributed by atoms with Gasteiger partial charge in [-0.15, -0.1) is 0 Å². The van der Waals surface area contributed by atoms with Crippen molar-refractivity contribution in [2.75, 3.05) is 0 Å². The molecule has 1 heterocycles. The molecule has 1 spiro atoms. The van der Waals surface area contributed by atoms with E-state index in [9.17, 15) is 4.79 Å². The highest BCUT2D eigenvalue weighted by Gasteiger charge is 2.44. The van der Waals surface area contributed by atoms with Crippen molar-refractivity contribution >= 4 is 24.0 Å². The molecule has 33 heavy (non-hydrogen) atoms. The molecule has 2 aliphatic rings. The molecule has 4 rings (SSSR count). The van der Waals surface area contributed by atoms with Crippen molar-refractivity contribution in [2.45, 2.75) is 58.1 Å².